The quantitative estimate of drug-likeness (QED) is 0.308. The molecule has 0 saturated carbocycles. The molecule has 0 unspecified atom stereocenters. The van der Waals surface area contributed by atoms with Crippen LogP contribution in [0.25, 0.3) is 5.52 Å². The number of pyridine rings is 2. The number of carbonyl (C=O) groups excluding carboxylic acids is 1. The molecule has 3 aromatic heterocycles. The van der Waals surface area contributed by atoms with Gasteiger partial charge in [0.05, 0.1) is 43.0 Å². The van der Waals surface area contributed by atoms with Crippen molar-refractivity contribution in [1.29, 1.82) is 0 Å². The minimum absolute atomic E-state index is 0.00172. The molecule has 0 spiro atoms. The van der Waals surface area contributed by atoms with Gasteiger partial charge in [0.2, 0.25) is 5.88 Å². The Kier molecular flexibility index (Phi) is 7.30. The van der Waals surface area contributed by atoms with Crippen molar-refractivity contribution in [1.82, 2.24) is 19.6 Å². The first-order valence-electron chi connectivity index (χ1n) is 13.6. The van der Waals surface area contributed by atoms with Gasteiger partial charge in [-0.25, -0.2) is 9.37 Å². The third-order valence-corrected chi connectivity index (χ3v) is 6.36. The summed E-state index contributed by atoms with van der Waals surface area (Å²) in [6.07, 6.45) is -4.75. The molecule has 1 aliphatic heterocycles. The van der Waals surface area contributed by atoms with E-state index in [4.69, 9.17) is 8.85 Å². The van der Waals surface area contributed by atoms with Gasteiger partial charge in [-0.2, -0.15) is 13.2 Å². The van der Waals surface area contributed by atoms with Crippen LogP contribution >= 0.6 is 0 Å². The maximum Gasteiger partial charge on any atom is 0.394 e. The SMILES string of the molecule is [2H]C([2H])([2H])NC(=O)c1ccc(NCC#Cc2cc3c(N[C@@H]4CCN(C)C[C@@H]4F)cccn3c2CC(F)(F)F)c(OC)n1. The average molecular weight is 550 g/mol. The largest absolute Gasteiger partial charge is 0.480 e. The number of ether oxygens (including phenoxy) is 1. The molecule has 3 aromatic rings. The number of alkyl halides is 4. The molecule has 0 bridgehead atoms. The fourth-order valence-corrected chi connectivity index (χ4v) is 4.47. The van der Waals surface area contributed by atoms with Crippen LogP contribution in [0.4, 0.5) is 28.9 Å². The molecule has 0 radical (unpaired) electrons. The molecule has 4 heterocycles. The minimum atomic E-state index is -4.49. The van der Waals surface area contributed by atoms with Crippen LogP contribution in [-0.4, -0.2) is 79.3 Å². The lowest BCUT2D eigenvalue weighted by molar-refractivity contribution is -0.128. The number of hydrogen-bond donors (Lipinski definition) is 3. The van der Waals surface area contributed by atoms with Gasteiger partial charge >= 0.3 is 6.18 Å². The Bertz CT molecular complexity index is 1500. The Morgan fingerprint density at radius 2 is 2.13 bits per heavy atom. The smallest absolute Gasteiger partial charge is 0.394 e. The van der Waals surface area contributed by atoms with Gasteiger partial charge in [0.1, 0.15) is 11.9 Å². The lowest BCUT2D eigenvalue weighted by Gasteiger charge is -2.33. The molecular weight excluding hydrogens is 516 g/mol. The number of amides is 1. The first kappa shape index (κ1) is 24.1. The highest BCUT2D eigenvalue weighted by molar-refractivity contribution is 5.92. The number of rotatable bonds is 7. The summed E-state index contributed by atoms with van der Waals surface area (Å²) < 4.78 is 83.3. The standard InChI is InChI=1S/C27H30F4N6O2/c1-32-25(38)21-8-9-22(26(35-21)39-3)33-11-4-6-17-14-23-20(34-19-10-13-36(2)16-18(19)28)7-5-12-37(23)24(17)15-27(29,30)31/h5,7-9,12,14,18-19,33-34H,10-11,13,15-16H2,1-3H3,(H,32,38)/t18-,19+/m0/s1/i1D3. The fraction of sp³-hybridized carbons (Fsp3) is 0.407. The highest BCUT2D eigenvalue weighted by Gasteiger charge is 2.32. The number of piperidine rings is 1. The van der Waals surface area contributed by atoms with Crippen molar-refractivity contribution in [2.45, 2.75) is 31.2 Å². The van der Waals surface area contributed by atoms with Crippen molar-refractivity contribution in [3.05, 3.63) is 53.5 Å². The zero-order chi connectivity index (χ0) is 30.7. The number of hydrogen-bond acceptors (Lipinski definition) is 6. The summed E-state index contributed by atoms with van der Waals surface area (Å²) >= 11 is 0. The molecule has 12 heteroatoms. The summed E-state index contributed by atoms with van der Waals surface area (Å²) in [6, 6.07) is 7.14. The topological polar surface area (TPSA) is 82.9 Å². The maximum atomic E-state index is 14.7. The lowest BCUT2D eigenvalue weighted by Crippen LogP contribution is -2.46. The van der Waals surface area contributed by atoms with E-state index in [1.807, 2.05) is 17.3 Å². The molecule has 0 aromatic carbocycles. The van der Waals surface area contributed by atoms with Crippen molar-refractivity contribution in [3.63, 3.8) is 0 Å². The number of methoxy groups -OCH3 is 1. The highest BCUT2D eigenvalue weighted by atomic mass is 19.4. The second kappa shape index (κ2) is 11.8. The normalized spacial score (nSPS) is 19.3. The van der Waals surface area contributed by atoms with Crippen molar-refractivity contribution in [2.24, 2.45) is 0 Å². The van der Waals surface area contributed by atoms with Gasteiger partial charge in [-0.3, -0.25) is 4.79 Å². The summed E-state index contributed by atoms with van der Waals surface area (Å²) in [7, 11) is 3.15. The molecule has 208 valence electrons. The van der Waals surface area contributed by atoms with Gasteiger partial charge in [0, 0.05) is 41.6 Å². The molecule has 39 heavy (non-hydrogen) atoms. The van der Waals surface area contributed by atoms with Gasteiger partial charge in [0.15, 0.2) is 0 Å². The van der Waals surface area contributed by atoms with E-state index < -0.39 is 37.7 Å². The maximum absolute atomic E-state index is 14.7. The number of likely N-dealkylation sites (tertiary alicyclic amines) is 1. The Labute approximate surface area is 227 Å². The zero-order valence-corrected chi connectivity index (χ0v) is 21.3. The van der Waals surface area contributed by atoms with Crippen molar-refractivity contribution >= 4 is 22.8 Å². The van der Waals surface area contributed by atoms with E-state index in [1.165, 1.54) is 29.8 Å². The number of carbonyl (C=O) groups is 1. The molecule has 0 aliphatic carbocycles. The molecule has 8 nitrogen and oxygen atoms in total. The number of nitrogens with zero attached hydrogens (tertiary/aromatic N) is 3. The zero-order valence-electron chi connectivity index (χ0n) is 24.3. The highest BCUT2D eigenvalue weighted by Crippen LogP contribution is 2.30. The van der Waals surface area contributed by atoms with Gasteiger partial charge in [-0.1, -0.05) is 11.8 Å². The van der Waals surface area contributed by atoms with Crippen LogP contribution in [0.2, 0.25) is 0 Å². The van der Waals surface area contributed by atoms with Gasteiger partial charge < -0.3 is 30.0 Å². The van der Waals surface area contributed by atoms with Gasteiger partial charge in [0.25, 0.3) is 5.91 Å². The van der Waals surface area contributed by atoms with Crippen LogP contribution in [-0.2, 0) is 6.42 Å². The van der Waals surface area contributed by atoms with Crippen LogP contribution in [0, 0.1) is 11.8 Å². The molecule has 2 atom stereocenters. The van der Waals surface area contributed by atoms with Crippen LogP contribution in [0.1, 0.15) is 32.3 Å². The Morgan fingerprint density at radius 3 is 2.85 bits per heavy atom. The monoisotopic (exact) mass is 549 g/mol. The van der Waals surface area contributed by atoms with E-state index in [9.17, 15) is 22.4 Å². The van der Waals surface area contributed by atoms with Crippen LogP contribution in [0.15, 0.2) is 36.5 Å². The van der Waals surface area contributed by atoms with E-state index in [0.29, 0.717) is 29.9 Å². The molecule has 1 aliphatic rings. The Hall–Kier alpha value is -3.98. The molecule has 1 amide bonds. The van der Waals surface area contributed by atoms with Gasteiger partial charge in [-0.15, -0.1) is 0 Å². The van der Waals surface area contributed by atoms with Crippen LogP contribution in [0.3, 0.4) is 0 Å². The van der Waals surface area contributed by atoms with Crippen molar-refractivity contribution in [2.75, 3.05) is 51.4 Å². The minimum Gasteiger partial charge on any atom is -0.480 e. The lowest BCUT2D eigenvalue weighted by atomic mass is 10.0. The van der Waals surface area contributed by atoms with Gasteiger partial charge in [-0.05, 0) is 43.8 Å². The summed E-state index contributed by atoms with van der Waals surface area (Å²) in [5.74, 6) is 4.69. The van der Waals surface area contributed by atoms with Crippen LogP contribution in [0.5, 0.6) is 5.88 Å². The summed E-state index contributed by atoms with van der Waals surface area (Å²) in [6.45, 7) is -1.74. The fourth-order valence-electron chi connectivity index (χ4n) is 4.47. The third kappa shape index (κ3) is 6.72. The predicted octanol–water partition coefficient (Wildman–Crippen LogP) is 3.73. The molecular formula is C27H30F4N6O2. The number of halogens is 4. The van der Waals surface area contributed by atoms with E-state index in [1.54, 1.807) is 18.2 Å². The Morgan fingerprint density at radius 1 is 1.31 bits per heavy atom. The van der Waals surface area contributed by atoms with E-state index in [-0.39, 0.29) is 35.9 Å². The predicted molar refractivity (Wildman–Crippen MR) is 141 cm³/mol. The number of anilines is 2. The van der Waals surface area contributed by atoms with Crippen molar-refractivity contribution in [3.8, 4) is 17.7 Å². The van der Waals surface area contributed by atoms with Crippen LogP contribution < -0.4 is 20.7 Å². The van der Waals surface area contributed by atoms with E-state index in [2.05, 4.69) is 27.5 Å². The number of nitrogens with one attached hydrogen (secondary N) is 3. The summed E-state index contributed by atoms with van der Waals surface area (Å²) in [5.41, 5.74) is 1.25. The number of aromatic nitrogens is 2. The van der Waals surface area contributed by atoms with E-state index >= 15 is 0 Å². The molecule has 3 N–H and O–H groups in total. The molecule has 4 rings (SSSR count). The summed E-state index contributed by atoms with van der Waals surface area (Å²) in [4.78, 5) is 18.0. The average Bonchev–Trinajstić information content (AvgIpc) is 3.23. The van der Waals surface area contributed by atoms with Crippen molar-refractivity contribution < 1.29 is 31.2 Å². The first-order chi connectivity index (χ1) is 19.7. The first-order valence-corrected chi connectivity index (χ1v) is 12.1. The third-order valence-electron chi connectivity index (χ3n) is 6.36. The summed E-state index contributed by atoms with van der Waals surface area (Å²) in [5, 5.41) is 7.95. The second-order valence-corrected chi connectivity index (χ2v) is 9.15. The molecule has 1 fully saturated rings. The Balaban J connectivity index is 1.56. The number of fused-ring (bicyclic) bond motifs is 1. The molecule has 1 saturated heterocycles. The van der Waals surface area contributed by atoms with E-state index in [0.717, 1.165) is 0 Å². The second-order valence-electron chi connectivity index (χ2n) is 9.15.